The Bertz CT molecular complexity index is 587. The number of rotatable bonds is 4. The molecule has 1 heterocycles. The number of nitrogens with zero attached hydrogens (tertiary/aromatic N) is 2. The number of aryl methyl sites for hydroxylation is 1. The van der Waals surface area contributed by atoms with Crippen LogP contribution in [0.15, 0.2) is 24.5 Å². The van der Waals surface area contributed by atoms with E-state index >= 15 is 0 Å². The Balaban J connectivity index is 2.37. The maximum absolute atomic E-state index is 13.7. The summed E-state index contributed by atoms with van der Waals surface area (Å²) in [6.45, 7) is 3.95. The third-order valence-corrected chi connectivity index (χ3v) is 3.09. The monoisotopic (exact) mass is 279 g/mol. The molecule has 0 amide bonds. The third-order valence-electron chi connectivity index (χ3n) is 2.77. The molecule has 2 rings (SSSR count). The van der Waals surface area contributed by atoms with Gasteiger partial charge >= 0.3 is 0 Å². The van der Waals surface area contributed by atoms with Crippen LogP contribution in [0.4, 0.5) is 15.9 Å². The van der Waals surface area contributed by atoms with Gasteiger partial charge in [0.25, 0.3) is 0 Å². The number of halogens is 2. The quantitative estimate of drug-likeness (QED) is 0.849. The van der Waals surface area contributed by atoms with Crippen molar-refractivity contribution in [3.05, 3.63) is 46.6 Å². The molecule has 0 fully saturated rings. The standard InChI is InChI=1S/C14H15ClFN3/c1-3-4-10-13(15)17-8-18-14(10)19-12-7-9(2)5-6-11(12)16/h5-8H,3-4H2,1-2H3,(H,17,18,19). The molecular formula is C14H15ClFN3. The number of hydrogen-bond donors (Lipinski definition) is 1. The fraction of sp³-hybridized carbons (Fsp3) is 0.286. The highest BCUT2D eigenvalue weighted by Crippen LogP contribution is 2.26. The highest BCUT2D eigenvalue weighted by atomic mass is 35.5. The second-order valence-corrected chi connectivity index (χ2v) is 4.71. The van der Waals surface area contributed by atoms with E-state index in [4.69, 9.17) is 11.6 Å². The van der Waals surface area contributed by atoms with Crippen LogP contribution < -0.4 is 5.32 Å². The molecule has 0 aliphatic carbocycles. The van der Waals surface area contributed by atoms with Crippen molar-refractivity contribution in [2.75, 3.05) is 5.32 Å². The van der Waals surface area contributed by atoms with Gasteiger partial charge < -0.3 is 5.32 Å². The van der Waals surface area contributed by atoms with E-state index < -0.39 is 0 Å². The normalized spacial score (nSPS) is 10.5. The molecule has 0 aliphatic rings. The van der Waals surface area contributed by atoms with Crippen LogP contribution >= 0.6 is 11.6 Å². The van der Waals surface area contributed by atoms with E-state index in [1.807, 2.05) is 13.8 Å². The molecule has 0 unspecified atom stereocenters. The Morgan fingerprint density at radius 2 is 2.11 bits per heavy atom. The minimum Gasteiger partial charge on any atom is -0.337 e. The zero-order chi connectivity index (χ0) is 13.8. The van der Waals surface area contributed by atoms with Crippen molar-refractivity contribution in [2.45, 2.75) is 26.7 Å². The van der Waals surface area contributed by atoms with Gasteiger partial charge in [0, 0.05) is 5.56 Å². The SMILES string of the molecule is CCCc1c(Cl)ncnc1Nc1cc(C)ccc1F. The first-order valence-electron chi connectivity index (χ1n) is 6.14. The highest BCUT2D eigenvalue weighted by molar-refractivity contribution is 6.30. The van der Waals surface area contributed by atoms with Crippen molar-refractivity contribution in [3.63, 3.8) is 0 Å². The molecule has 0 aliphatic heterocycles. The number of anilines is 2. The van der Waals surface area contributed by atoms with Gasteiger partial charge in [0.2, 0.25) is 0 Å². The van der Waals surface area contributed by atoms with E-state index in [0.717, 1.165) is 24.0 Å². The molecule has 100 valence electrons. The van der Waals surface area contributed by atoms with Crippen molar-refractivity contribution in [1.29, 1.82) is 0 Å². The largest absolute Gasteiger partial charge is 0.337 e. The zero-order valence-electron chi connectivity index (χ0n) is 10.9. The topological polar surface area (TPSA) is 37.8 Å². The molecule has 2 aromatic rings. The average Bonchev–Trinajstić information content (AvgIpc) is 2.38. The molecule has 0 saturated heterocycles. The number of benzene rings is 1. The first kappa shape index (κ1) is 13.7. The van der Waals surface area contributed by atoms with Crippen molar-refractivity contribution in [3.8, 4) is 0 Å². The van der Waals surface area contributed by atoms with E-state index in [1.165, 1.54) is 12.4 Å². The Labute approximate surface area is 116 Å². The lowest BCUT2D eigenvalue weighted by Gasteiger charge is -2.12. The third kappa shape index (κ3) is 3.20. The summed E-state index contributed by atoms with van der Waals surface area (Å²) < 4.78 is 13.7. The first-order valence-corrected chi connectivity index (χ1v) is 6.52. The molecule has 0 bridgehead atoms. The van der Waals surface area contributed by atoms with Crippen molar-refractivity contribution < 1.29 is 4.39 Å². The highest BCUT2D eigenvalue weighted by Gasteiger charge is 2.11. The van der Waals surface area contributed by atoms with E-state index in [1.54, 1.807) is 12.1 Å². The van der Waals surface area contributed by atoms with Gasteiger partial charge in [-0.3, -0.25) is 0 Å². The average molecular weight is 280 g/mol. The van der Waals surface area contributed by atoms with Gasteiger partial charge in [-0.15, -0.1) is 0 Å². The van der Waals surface area contributed by atoms with Crippen LogP contribution in [0.5, 0.6) is 0 Å². The molecule has 1 aromatic carbocycles. The van der Waals surface area contributed by atoms with Crippen molar-refractivity contribution >= 4 is 23.1 Å². The lowest BCUT2D eigenvalue weighted by atomic mass is 10.1. The number of nitrogens with one attached hydrogen (secondary N) is 1. The van der Waals surface area contributed by atoms with E-state index in [2.05, 4.69) is 15.3 Å². The lowest BCUT2D eigenvalue weighted by molar-refractivity contribution is 0.631. The maximum Gasteiger partial charge on any atom is 0.146 e. The summed E-state index contributed by atoms with van der Waals surface area (Å²) in [5.41, 5.74) is 2.18. The summed E-state index contributed by atoms with van der Waals surface area (Å²) in [5.74, 6) is 0.245. The van der Waals surface area contributed by atoms with Crippen molar-refractivity contribution in [1.82, 2.24) is 9.97 Å². The fourth-order valence-corrected chi connectivity index (χ4v) is 2.06. The molecule has 19 heavy (non-hydrogen) atoms. The van der Waals surface area contributed by atoms with Gasteiger partial charge in [-0.2, -0.15) is 0 Å². The first-order chi connectivity index (χ1) is 9.11. The Morgan fingerprint density at radius 3 is 2.84 bits per heavy atom. The Kier molecular flexibility index (Phi) is 4.32. The molecule has 0 radical (unpaired) electrons. The Morgan fingerprint density at radius 1 is 1.32 bits per heavy atom. The van der Waals surface area contributed by atoms with Gasteiger partial charge in [0.15, 0.2) is 0 Å². The van der Waals surface area contributed by atoms with E-state index in [0.29, 0.717) is 16.7 Å². The summed E-state index contributed by atoms with van der Waals surface area (Å²) in [7, 11) is 0. The second-order valence-electron chi connectivity index (χ2n) is 4.35. The van der Waals surface area contributed by atoms with Crippen LogP contribution in [0.1, 0.15) is 24.5 Å². The molecule has 1 aromatic heterocycles. The minimum absolute atomic E-state index is 0.317. The number of hydrogen-bond acceptors (Lipinski definition) is 3. The Hall–Kier alpha value is -1.68. The summed E-state index contributed by atoms with van der Waals surface area (Å²) in [6, 6.07) is 4.89. The van der Waals surface area contributed by atoms with Gasteiger partial charge in [-0.1, -0.05) is 31.0 Å². The zero-order valence-corrected chi connectivity index (χ0v) is 11.6. The molecule has 0 spiro atoms. The van der Waals surface area contributed by atoms with E-state index in [9.17, 15) is 4.39 Å². The predicted octanol–water partition coefficient (Wildman–Crippen LogP) is 4.27. The molecule has 1 N–H and O–H groups in total. The fourth-order valence-electron chi connectivity index (χ4n) is 1.83. The van der Waals surface area contributed by atoms with Crippen LogP contribution in [-0.4, -0.2) is 9.97 Å². The van der Waals surface area contributed by atoms with E-state index in [-0.39, 0.29) is 5.82 Å². The van der Waals surface area contributed by atoms with Gasteiger partial charge in [0.05, 0.1) is 5.69 Å². The van der Waals surface area contributed by atoms with Crippen LogP contribution in [-0.2, 0) is 6.42 Å². The van der Waals surface area contributed by atoms with Crippen LogP contribution in [0.3, 0.4) is 0 Å². The number of aromatic nitrogens is 2. The molecule has 0 saturated carbocycles. The maximum atomic E-state index is 13.7. The van der Waals surface area contributed by atoms with Crippen LogP contribution in [0.25, 0.3) is 0 Å². The molecule has 5 heteroatoms. The molecular weight excluding hydrogens is 265 g/mol. The minimum atomic E-state index is -0.317. The summed E-state index contributed by atoms with van der Waals surface area (Å²) in [5, 5.41) is 3.41. The second kappa shape index (κ2) is 5.97. The smallest absolute Gasteiger partial charge is 0.146 e. The molecule has 3 nitrogen and oxygen atoms in total. The predicted molar refractivity (Wildman–Crippen MR) is 75.5 cm³/mol. The summed E-state index contributed by atoms with van der Waals surface area (Å²) >= 11 is 6.06. The van der Waals surface area contributed by atoms with Crippen LogP contribution in [0.2, 0.25) is 5.15 Å². The summed E-state index contributed by atoms with van der Waals surface area (Å²) in [4.78, 5) is 8.11. The summed E-state index contributed by atoms with van der Waals surface area (Å²) in [6.07, 6.45) is 3.03. The van der Waals surface area contributed by atoms with Gasteiger partial charge in [-0.05, 0) is 31.0 Å². The van der Waals surface area contributed by atoms with Gasteiger partial charge in [-0.25, -0.2) is 14.4 Å². The lowest BCUT2D eigenvalue weighted by Crippen LogP contribution is -2.03. The van der Waals surface area contributed by atoms with Crippen molar-refractivity contribution in [2.24, 2.45) is 0 Å². The van der Waals surface area contributed by atoms with Crippen LogP contribution in [0, 0.1) is 12.7 Å². The molecule has 0 atom stereocenters. The van der Waals surface area contributed by atoms with Gasteiger partial charge in [0.1, 0.15) is 23.1 Å².